The van der Waals surface area contributed by atoms with E-state index in [9.17, 15) is 9.59 Å². The van der Waals surface area contributed by atoms with Gasteiger partial charge in [0.2, 0.25) is 5.91 Å². The van der Waals surface area contributed by atoms with E-state index in [4.69, 9.17) is 9.26 Å². The number of benzene rings is 1. The second-order valence-electron chi connectivity index (χ2n) is 4.94. The lowest BCUT2D eigenvalue weighted by molar-refractivity contribution is -0.141. The van der Waals surface area contributed by atoms with Gasteiger partial charge in [0.05, 0.1) is 12.3 Å². The van der Waals surface area contributed by atoms with Gasteiger partial charge in [-0.15, -0.1) is 0 Å². The Morgan fingerprint density at radius 2 is 2.10 bits per heavy atom. The van der Waals surface area contributed by atoms with Gasteiger partial charge in [-0.05, 0) is 12.5 Å². The molecule has 1 aliphatic heterocycles. The first-order chi connectivity index (χ1) is 10.1. The largest absolute Gasteiger partial charge is 0.457 e. The monoisotopic (exact) mass is 286 g/mol. The van der Waals surface area contributed by atoms with E-state index < -0.39 is 12.0 Å². The third kappa shape index (κ3) is 2.79. The van der Waals surface area contributed by atoms with Gasteiger partial charge in [-0.25, -0.2) is 0 Å². The summed E-state index contributed by atoms with van der Waals surface area (Å²) in [7, 11) is 0. The summed E-state index contributed by atoms with van der Waals surface area (Å²) in [5.41, 5.74) is 0.805. The van der Waals surface area contributed by atoms with Crippen LogP contribution in [0.4, 0.5) is 5.82 Å². The molecule has 2 atom stereocenters. The van der Waals surface area contributed by atoms with E-state index in [0.29, 0.717) is 11.6 Å². The van der Waals surface area contributed by atoms with Crippen molar-refractivity contribution in [3.63, 3.8) is 0 Å². The van der Waals surface area contributed by atoms with Crippen LogP contribution in [0.5, 0.6) is 0 Å². The van der Waals surface area contributed by atoms with Crippen molar-refractivity contribution < 1.29 is 18.8 Å². The van der Waals surface area contributed by atoms with Crippen LogP contribution in [0.1, 0.15) is 23.8 Å². The zero-order chi connectivity index (χ0) is 14.8. The lowest BCUT2D eigenvalue weighted by Crippen LogP contribution is -2.25. The number of hydrogen-bond acceptors (Lipinski definition) is 5. The molecule has 0 unspecified atom stereocenters. The number of ether oxygens (including phenoxy) is 1. The molecular formula is C15H14N2O4. The molecule has 108 valence electrons. The molecular weight excluding hydrogens is 272 g/mol. The van der Waals surface area contributed by atoms with Crippen molar-refractivity contribution in [1.82, 2.24) is 5.16 Å². The van der Waals surface area contributed by atoms with Crippen molar-refractivity contribution in [1.29, 1.82) is 0 Å². The number of carbonyl (C=O) groups is 2. The number of carbonyl (C=O) groups excluding carboxylic acids is 2. The normalized spacial score (nSPS) is 21.1. The smallest absolute Gasteiger partial charge is 0.307 e. The molecule has 0 saturated carbocycles. The third-order valence-electron chi connectivity index (χ3n) is 3.35. The van der Waals surface area contributed by atoms with Crippen molar-refractivity contribution >= 4 is 17.7 Å². The van der Waals surface area contributed by atoms with Gasteiger partial charge in [0.1, 0.15) is 11.9 Å². The molecule has 0 bridgehead atoms. The van der Waals surface area contributed by atoms with Gasteiger partial charge < -0.3 is 14.6 Å². The topological polar surface area (TPSA) is 81.4 Å². The fourth-order valence-electron chi connectivity index (χ4n) is 2.38. The molecule has 0 aliphatic carbocycles. The van der Waals surface area contributed by atoms with E-state index in [2.05, 4.69) is 10.5 Å². The van der Waals surface area contributed by atoms with E-state index in [0.717, 1.165) is 5.56 Å². The van der Waals surface area contributed by atoms with E-state index in [1.807, 2.05) is 30.3 Å². The minimum Gasteiger partial charge on any atom is -0.457 e. The summed E-state index contributed by atoms with van der Waals surface area (Å²) in [4.78, 5) is 23.9. The predicted molar refractivity (Wildman–Crippen MR) is 73.3 cm³/mol. The minimum absolute atomic E-state index is 0.0578. The molecule has 1 aromatic carbocycles. The first kappa shape index (κ1) is 13.4. The summed E-state index contributed by atoms with van der Waals surface area (Å²) in [6.45, 7) is 1.73. The number of anilines is 1. The Kier molecular flexibility index (Phi) is 3.43. The fraction of sp³-hybridized carbons (Fsp3) is 0.267. The highest BCUT2D eigenvalue weighted by Crippen LogP contribution is 2.35. The fourth-order valence-corrected chi connectivity index (χ4v) is 2.38. The minimum atomic E-state index is -0.572. The first-order valence-electron chi connectivity index (χ1n) is 6.62. The number of amides is 1. The average molecular weight is 286 g/mol. The summed E-state index contributed by atoms with van der Waals surface area (Å²) < 4.78 is 10.2. The molecule has 1 aliphatic rings. The number of aromatic nitrogens is 1. The van der Waals surface area contributed by atoms with Crippen LogP contribution in [0.25, 0.3) is 0 Å². The standard InChI is InChI=1S/C15H14N2O4/c1-9-7-12(17-21-9)16-15(19)11-8-13(18)20-14(11)10-5-3-2-4-6-10/h2-7,11,14H,8H2,1H3,(H,16,17,19)/t11-,14+/m1/s1. The Bertz CT molecular complexity index is 665. The van der Waals surface area contributed by atoms with Gasteiger partial charge in [0, 0.05) is 6.07 Å². The van der Waals surface area contributed by atoms with E-state index in [-0.39, 0.29) is 18.3 Å². The third-order valence-corrected chi connectivity index (χ3v) is 3.35. The number of nitrogens with zero attached hydrogens (tertiary/aromatic N) is 1. The van der Waals surface area contributed by atoms with Crippen LogP contribution < -0.4 is 5.32 Å². The SMILES string of the molecule is Cc1cc(NC(=O)[C@@H]2CC(=O)O[C@H]2c2ccccc2)no1. The lowest BCUT2D eigenvalue weighted by Gasteiger charge is -2.16. The molecule has 1 fully saturated rings. The highest BCUT2D eigenvalue weighted by atomic mass is 16.6. The van der Waals surface area contributed by atoms with Gasteiger partial charge in [0.25, 0.3) is 0 Å². The number of aryl methyl sites for hydroxylation is 1. The molecule has 2 heterocycles. The molecule has 2 aromatic rings. The van der Waals surface area contributed by atoms with Crippen LogP contribution in [0.3, 0.4) is 0 Å². The second kappa shape index (κ2) is 5.40. The Morgan fingerprint density at radius 1 is 1.33 bits per heavy atom. The zero-order valence-electron chi connectivity index (χ0n) is 11.4. The van der Waals surface area contributed by atoms with Crippen molar-refractivity contribution in [2.75, 3.05) is 5.32 Å². The summed E-state index contributed by atoms with van der Waals surface area (Å²) in [6.07, 6.45) is -0.505. The van der Waals surface area contributed by atoms with Crippen molar-refractivity contribution in [3.05, 3.63) is 47.7 Å². The Balaban J connectivity index is 1.79. The van der Waals surface area contributed by atoms with Crippen molar-refractivity contribution in [3.8, 4) is 0 Å². The van der Waals surface area contributed by atoms with Gasteiger partial charge in [0.15, 0.2) is 5.82 Å². The molecule has 21 heavy (non-hydrogen) atoms. The molecule has 1 amide bonds. The number of hydrogen-bond donors (Lipinski definition) is 1. The first-order valence-corrected chi connectivity index (χ1v) is 6.62. The van der Waals surface area contributed by atoms with Crippen LogP contribution in [-0.4, -0.2) is 17.0 Å². The Labute approximate surface area is 121 Å². The summed E-state index contributed by atoms with van der Waals surface area (Å²) >= 11 is 0. The van der Waals surface area contributed by atoms with Gasteiger partial charge in [-0.2, -0.15) is 0 Å². The second-order valence-corrected chi connectivity index (χ2v) is 4.94. The number of nitrogens with one attached hydrogen (secondary N) is 1. The molecule has 3 rings (SSSR count). The maximum atomic E-state index is 12.3. The van der Waals surface area contributed by atoms with Crippen LogP contribution >= 0.6 is 0 Å². The molecule has 1 saturated heterocycles. The molecule has 0 radical (unpaired) electrons. The predicted octanol–water partition coefficient (Wildman–Crippen LogP) is 2.23. The maximum Gasteiger partial charge on any atom is 0.307 e. The Hall–Kier alpha value is -2.63. The van der Waals surface area contributed by atoms with Crippen LogP contribution in [-0.2, 0) is 14.3 Å². The summed E-state index contributed by atoms with van der Waals surface area (Å²) in [6, 6.07) is 10.9. The number of rotatable bonds is 3. The van der Waals surface area contributed by atoms with Crippen LogP contribution in [0, 0.1) is 12.8 Å². The molecule has 1 aromatic heterocycles. The van der Waals surface area contributed by atoms with Gasteiger partial charge in [-0.1, -0.05) is 35.5 Å². The van der Waals surface area contributed by atoms with E-state index >= 15 is 0 Å². The van der Waals surface area contributed by atoms with Crippen molar-refractivity contribution in [2.45, 2.75) is 19.4 Å². The van der Waals surface area contributed by atoms with E-state index in [1.165, 1.54) is 0 Å². The average Bonchev–Trinajstić information content (AvgIpc) is 3.06. The molecule has 1 N–H and O–H groups in total. The molecule has 6 heteroatoms. The van der Waals surface area contributed by atoms with Gasteiger partial charge in [-0.3, -0.25) is 9.59 Å². The summed E-state index contributed by atoms with van der Waals surface area (Å²) in [5, 5.41) is 6.36. The quantitative estimate of drug-likeness (QED) is 0.875. The number of cyclic esters (lactones) is 1. The zero-order valence-corrected chi connectivity index (χ0v) is 11.4. The lowest BCUT2D eigenvalue weighted by atomic mass is 9.94. The van der Waals surface area contributed by atoms with E-state index in [1.54, 1.807) is 13.0 Å². The summed E-state index contributed by atoms with van der Waals surface area (Å²) in [5.74, 6) is -0.312. The van der Waals surface area contributed by atoms with Crippen LogP contribution in [0.15, 0.2) is 40.9 Å². The highest BCUT2D eigenvalue weighted by molar-refractivity contribution is 5.95. The highest BCUT2D eigenvalue weighted by Gasteiger charge is 2.40. The Morgan fingerprint density at radius 3 is 2.76 bits per heavy atom. The molecule has 6 nitrogen and oxygen atoms in total. The van der Waals surface area contributed by atoms with Gasteiger partial charge >= 0.3 is 5.97 Å². The molecule has 0 spiro atoms. The maximum absolute atomic E-state index is 12.3. The number of esters is 1. The van der Waals surface area contributed by atoms with Crippen molar-refractivity contribution in [2.24, 2.45) is 5.92 Å². The van der Waals surface area contributed by atoms with Crippen LogP contribution in [0.2, 0.25) is 0 Å².